The van der Waals surface area contributed by atoms with Crippen molar-refractivity contribution in [3.8, 4) is 0 Å². The van der Waals surface area contributed by atoms with Crippen molar-refractivity contribution in [1.29, 1.82) is 0 Å². The van der Waals surface area contributed by atoms with Gasteiger partial charge in [0.05, 0.1) is 0 Å². The van der Waals surface area contributed by atoms with Crippen LogP contribution in [0.3, 0.4) is 0 Å². The minimum absolute atomic E-state index is 0.649. The highest BCUT2D eigenvalue weighted by Gasteiger charge is 2.03. The van der Waals surface area contributed by atoms with E-state index in [0.29, 0.717) is 5.92 Å². The summed E-state index contributed by atoms with van der Waals surface area (Å²) in [4.78, 5) is 0. The van der Waals surface area contributed by atoms with Gasteiger partial charge in [0.25, 0.3) is 0 Å². The minimum Gasteiger partial charge on any atom is -0.103 e. The number of benzene rings is 1. The van der Waals surface area contributed by atoms with E-state index in [9.17, 15) is 0 Å². The van der Waals surface area contributed by atoms with E-state index in [1.165, 1.54) is 24.8 Å². The minimum atomic E-state index is 0.649. The first-order chi connectivity index (χ1) is 7.86. The van der Waals surface area contributed by atoms with Gasteiger partial charge in [0.1, 0.15) is 0 Å². The van der Waals surface area contributed by atoms with Gasteiger partial charge in [0.2, 0.25) is 0 Å². The summed E-state index contributed by atoms with van der Waals surface area (Å²) < 4.78 is 0. The molecule has 0 bridgehead atoms. The van der Waals surface area contributed by atoms with E-state index in [-0.39, 0.29) is 0 Å². The quantitative estimate of drug-likeness (QED) is 0.573. The summed E-state index contributed by atoms with van der Waals surface area (Å²) in [7, 11) is 0. The smallest absolute Gasteiger partial charge is 0.0230 e. The van der Waals surface area contributed by atoms with Crippen LogP contribution >= 0.6 is 0 Å². The topological polar surface area (TPSA) is 0 Å². The molecule has 0 aliphatic carbocycles. The molecule has 0 saturated carbocycles. The fourth-order valence-corrected chi connectivity index (χ4v) is 1.85. The lowest BCUT2D eigenvalue weighted by atomic mass is 9.95. The third kappa shape index (κ3) is 4.97. The Bertz CT molecular complexity index is 308. The van der Waals surface area contributed by atoms with E-state index in [1.807, 2.05) is 0 Å². The van der Waals surface area contributed by atoms with Crippen LogP contribution in [0.25, 0.3) is 0 Å². The van der Waals surface area contributed by atoms with Gasteiger partial charge >= 0.3 is 0 Å². The molecule has 0 heterocycles. The van der Waals surface area contributed by atoms with Crippen LogP contribution in [0.2, 0.25) is 0 Å². The fourth-order valence-electron chi connectivity index (χ4n) is 1.85. The Morgan fingerprint density at radius 2 is 1.94 bits per heavy atom. The molecular formula is C16H22. The molecule has 0 radical (unpaired) electrons. The monoisotopic (exact) mass is 214 g/mol. The molecule has 1 atom stereocenters. The van der Waals surface area contributed by atoms with Crippen LogP contribution in [-0.4, -0.2) is 0 Å². The summed E-state index contributed by atoms with van der Waals surface area (Å²) in [6.07, 6.45) is 11.2. The zero-order chi connectivity index (χ0) is 11.6. The first kappa shape index (κ1) is 12.8. The van der Waals surface area contributed by atoms with Gasteiger partial charge in [-0.2, -0.15) is 0 Å². The summed E-state index contributed by atoms with van der Waals surface area (Å²) >= 11 is 0. The normalized spacial score (nSPS) is 12.8. The molecule has 0 N–H and O–H groups in total. The standard InChI is InChI=1S/C16H22/c1-3-5-7-10-15(4-2)13-14-16-11-8-6-9-12-16/h3-6,8-9,11-12,15H,2,7,10,13-14H2,1H3. The Hall–Kier alpha value is -1.30. The summed E-state index contributed by atoms with van der Waals surface area (Å²) in [5.41, 5.74) is 1.43. The van der Waals surface area contributed by atoms with Crippen molar-refractivity contribution in [2.75, 3.05) is 0 Å². The highest BCUT2D eigenvalue weighted by atomic mass is 14.1. The number of rotatable bonds is 7. The summed E-state index contributed by atoms with van der Waals surface area (Å²) in [5, 5.41) is 0. The average Bonchev–Trinajstić information content (AvgIpc) is 2.35. The van der Waals surface area contributed by atoms with E-state index in [0.717, 1.165) is 6.42 Å². The second-order valence-corrected chi connectivity index (χ2v) is 4.17. The highest BCUT2D eigenvalue weighted by Crippen LogP contribution is 2.16. The van der Waals surface area contributed by atoms with E-state index < -0.39 is 0 Å². The van der Waals surface area contributed by atoms with Crippen LogP contribution in [0.1, 0.15) is 31.7 Å². The van der Waals surface area contributed by atoms with Crippen molar-refractivity contribution in [2.24, 2.45) is 5.92 Å². The summed E-state index contributed by atoms with van der Waals surface area (Å²) in [6, 6.07) is 10.7. The fraction of sp³-hybridized carbons (Fsp3) is 0.375. The maximum Gasteiger partial charge on any atom is -0.0230 e. The molecule has 1 aromatic carbocycles. The zero-order valence-electron chi connectivity index (χ0n) is 10.2. The molecule has 1 unspecified atom stereocenters. The van der Waals surface area contributed by atoms with Gasteiger partial charge in [-0.3, -0.25) is 0 Å². The first-order valence-corrected chi connectivity index (χ1v) is 6.14. The summed E-state index contributed by atoms with van der Waals surface area (Å²) in [6.45, 7) is 6.00. The molecule has 0 saturated heterocycles. The van der Waals surface area contributed by atoms with Crippen LogP contribution in [0.15, 0.2) is 55.1 Å². The maximum atomic E-state index is 3.93. The van der Waals surface area contributed by atoms with Gasteiger partial charge in [-0.15, -0.1) is 6.58 Å². The summed E-state index contributed by atoms with van der Waals surface area (Å²) in [5.74, 6) is 0.649. The number of aryl methyl sites for hydroxylation is 1. The zero-order valence-corrected chi connectivity index (χ0v) is 10.2. The Labute approximate surface area is 99.7 Å². The van der Waals surface area contributed by atoms with Crippen LogP contribution in [0.4, 0.5) is 0 Å². The number of hydrogen-bond donors (Lipinski definition) is 0. The maximum absolute atomic E-state index is 3.93. The van der Waals surface area contributed by atoms with Crippen LogP contribution in [-0.2, 0) is 6.42 Å². The largest absolute Gasteiger partial charge is 0.103 e. The molecule has 0 heteroatoms. The second-order valence-electron chi connectivity index (χ2n) is 4.17. The lowest BCUT2D eigenvalue weighted by molar-refractivity contribution is 0.551. The third-order valence-electron chi connectivity index (χ3n) is 2.92. The van der Waals surface area contributed by atoms with Gasteiger partial charge in [-0.05, 0) is 44.1 Å². The van der Waals surface area contributed by atoms with Crippen LogP contribution in [0.5, 0.6) is 0 Å². The molecule has 1 aromatic rings. The van der Waals surface area contributed by atoms with Crippen molar-refractivity contribution >= 4 is 0 Å². The molecule has 16 heavy (non-hydrogen) atoms. The molecule has 1 rings (SSSR count). The van der Waals surface area contributed by atoms with E-state index in [2.05, 4.69) is 62.1 Å². The van der Waals surface area contributed by atoms with Crippen molar-refractivity contribution < 1.29 is 0 Å². The van der Waals surface area contributed by atoms with Gasteiger partial charge in [0, 0.05) is 0 Å². The lowest BCUT2D eigenvalue weighted by Gasteiger charge is -2.10. The average molecular weight is 214 g/mol. The predicted molar refractivity (Wildman–Crippen MR) is 72.5 cm³/mol. The Kier molecular flexibility index (Phi) is 6.32. The molecule has 0 aliphatic heterocycles. The van der Waals surface area contributed by atoms with E-state index >= 15 is 0 Å². The van der Waals surface area contributed by atoms with Crippen molar-refractivity contribution in [3.63, 3.8) is 0 Å². The number of hydrogen-bond acceptors (Lipinski definition) is 0. The molecule has 86 valence electrons. The van der Waals surface area contributed by atoms with Crippen molar-refractivity contribution in [2.45, 2.75) is 32.6 Å². The van der Waals surface area contributed by atoms with E-state index in [4.69, 9.17) is 0 Å². The van der Waals surface area contributed by atoms with Gasteiger partial charge < -0.3 is 0 Å². The predicted octanol–water partition coefficient (Wildman–Crippen LogP) is 4.78. The highest BCUT2D eigenvalue weighted by molar-refractivity contribution is 5.14. The van der Waals surface area contributed by atoms with Gasteiger partial charge in [0.15, 0.2) is 0 Å². The SMILES string of the molecule is C=CC(CCC=CC)CCc1ccccc1. The van der Waals surface area contributed by atoms with Gasteiger partial charge in [-0.1, -0.05) is 48.6 Å². The van der Waals surface area contributed by atoms with E-state index in [1.54, 1.807) is 0 Å². The molecule has 0 fully saturated rings. The molecule has 0 nitrogen and oxygen atoms in total. The van der Waals surface area contributed by atoms with Crippen LogP contribution < -0.4 is 0 Å². The second kappa shape index (κ2) is 7.92. The van der Waals surface area contributed by atoms with Crippen molar-refractivity contribution in [3.05, 3.63) is 60.7 Å². The molecule has 0 aromatic heterocycles. The number of allylic oxidation sites excluding steroid dienone is 3. The van der Waals surface area contributed by atoms with Crippen molar-refractivity contribution in [1.82, 2.24) is 0 Å². The Balaban J connectivity index is 2.31. The van der Waals surface area contributed by atoms with Gasteiger partial charge in [-0.25, -0.2) is 0 Å². The van der Waals surface area contributed by atoms with Crippen LogP contribution in [0, 0.1) is 5.92 Å². The molecule has 0 aliphatic rings. The Morgan fingerprint density at radius 1 is 1.19 bits per heavy atom. The Morgan fingerprint density at radius 3 is 2.56 bits per heavy atom. The molecule has 0 spiro atoms. The lowest BCUT2D eigenvalue weighted by Crippen LogP contribution is -1.98. The first-order valence-electron chi connectivity index (χ1n) is 6.14. The third-order valence-corrected chi connectivity index (χ3v) is 2.92. The molecule has 0 amide bonds. The molecular weight excluding hydrogens is 192 g/mol.